The Morgan fingerprint density at radius 3 is 2.75 bits per heavy atom. The van der Waals surface area contributed by atoms with Crippen LogP contribution in [0.4, 0.5) is 4.39 Å². The zero-order valence-corrected chi connectivity index (χ0v) is 12.0. The van der Waals surface area contributed by atoms with E-state index in [2.05, 4.69) is 10.2 Å². The summed E-state index contributed by atoms with van der Waals surface area (Å²) in [6.45, 7) is 3.80. The molecule has 0 unspecified atom stereocenters. The van der Waals surface area contributed by atoms with Gasteiger partial charge in [0.05, 0.1) is 11.6 Å². The summed E-state index contributed by atoms with van der Waals surface area (Å²) >= 11 is 0. The number of hydrogen-bond donors (Lipinski definition) is 1. The van der Waals surface area contributed by atoms with Gasteiger partial charge >= 0.3 is 0 Å². The van der Waals surface area contributed by atoms with Crippen LogP contribution in [-0.4, -0.2) is 31.6 Å². The smallest absolute Gasteiger partial charge is 0.129 e. The standard InChI is InChI=1S/C16H22FN3/c1-19-7-4-13-5-8-20(9-6-13)12-15-3-2-14(11-18)10-16(15)17/h2-3,10,13,19H,4-9,12H2,1H3. The third-order valence-corrected chi connectivity index (χ3v) is 4.09. The maximum atomic E-state index is 13.8. The Hall–Kier alpha value is -1.44. The summed E-state index contributed by atoms with van der Waals surface area (Å²) in [6.07, 6.45) is 3.62. The normalized spacial score (nSPS) is 17.1. The highest BCUT2D eigenvalue weighted by atomic mass is 19.1. The van der Waals surface area contributed by atoms with Gasteiger partial charge in [-0.05, 0) is 64.0 Å². The molecule has 0 bridgehead atoms. The average Bonchev–Trinajstić information content (AvgIpc) is 2.48. The summed E-state index contributed by atoms with van der Waals surface area (Å²) in [5, 5.41) is 11.9. The molecule has 1 aromatic rings. The van der Waals surface area contributed by atoms with Crippen molar-refractivity contribution in [3.63, 3.8) is 0 Å². The number of nitriles is 1. The van der Waals surface area contributed by atoms with Gasteiger partial charge < -0.3 is 5.32 Å². The molecule has 4 heteroatoms. The molecule has 1 saturated heterocycles. The van der Waals surface area contributed by atoms with Crippen LogP contribution in [0.5, 0.6) is 0 Å². The molecular weight excluding hydrogens is 253 g/mol. The monoisotopic (exact) mass is 275 g/mol. The minimum Gasteiger partial charge on any atom is -0.320 e. The van der Waals surface area contributed by atoms with E-state index in [1.54, 1.807) is 12.1 Å². The van der Waals surface area contributed by atoms with Crippen LogP contribution in [0.1, 0.15) is 30.4 Å². The number of hydrogen-bond acceptors (Lipinski definition) is 3. The van der Waals surface area contributed by atoms with Gasteiger partial charge in [-0.3, -0.25) is 4.90 Å². The fourth-order valence-electron chi connectivity index (χ4n) is 2.77. The minimum absolute atomic E-state index is 0.263. The molecule has 0 radical (unpaired) electrons. The van der Waals surface area contributed by atoms with E-state index in [4.69, 9.17) is 5.26 Å². The molecule has 0 aliphatic carbocycles. The lowest BCUT2D eigenvalue weighted by Gasteiger charge is -2.32. The van der Waals surface area contributed by atoms with Crippen LogP contribution < -0.4 is 5.32 Å². The van der Waals surface area contributed by atoms with Gasteiger partial charge in [-0.25, -0.2) is 4.39 Å². The lowest BCUT2D eigenvalue weighted by Crippen LogP contribution is -2.34. The van der Waals surface area contributed by atoms with Gasteiger partial charge in [0.15, 0.2) is 0 Å². The molecule has 1 N–H and O–H groups in total. The average molecular weight is 275 g/mol. The van der Waals surface area contributed by atoms with Crippen LogP contribution in [0.15, 0.2) is 18.2 Å². The maximum Gasteiger partial charge on any atom is 0.129 e. The molecular formula is C16H22FN3. The number of halogens is 1. The molecule has 0 amide bonds. The first-order chi connectivity index (χ1) is 9.72. The summed E-state index contributed by atoms with van der Waals surface area (Å²) in [6, 6.07) is 6.72. The summed E-state index contributed by atoms with van der Waals surface area (Å²) in [5.74, 6) is 0.533. The van der Waals surface area contributed by atoms with Crippen molar-refractivity contribution in [2.24, 2.45) is 5.92 Å². The van der Waals surface area contributed by atoms with E-state index < -0.39 is 0 Å². The van der Waals surface area contributed by atoms with Crippen molar-refractivity contribution in [3.8, 4) is 6.07 Å². The van der Waals surface area contributed by atoms with E-state index in [0.717, 1.165) is 25.6 Å². The molecule has 2 rings (SSSR count). The topological polar surface area (TPSA) is 39.1 Å². The van der Waals surface area contributed by atoms with Crippen molar-refractivity contribution in [1.82, 2.24) is 10.2 Å². The van der Waals surface area contributed by atoms with E-state index in [1.165, 1.54) is 25.3 Å². The van der Waals surface area contributed by atoms with Crippen LogP contribution >= 0.6 is 0 Å². The van der Waals surface area contributed by atoms with Crippen molar-refractivity contribution >= 4 is 0 Å². The third-order valence-electron chi connectivity index (χ3n) is 4.09. The van der Waals surface area contributed by atoms with Gasteiger partial charge in [-0.2, -0.15) is 5.26 Å². The van der Waals surface area contributed by atoms with Crippen molar-refractivity contribution in [1.29, 1.82) is 5.26 Å². The number of piperidine rings is 1. The Morgan fingerprint density at radius 1 is 1.40 bits per heavy atom. The Balaban J connectivity index is 1.85. The summed E-state index contributed by atoms with van der Waals surface area (Å²) < 4.78 is 13.8. The minimum atomic E-state index is -0.263. The molecule has 1 aromatic carbocycles. The first-order valence-corrected chi connectivity index (χ1v) is 7.28. The van der Waals surface area contributed by atoms with E-state index in [9.17, 15) is 4.39 Å². The fourth-order valence-corrected chi connectivity index (χ4v) is 2.77. The summed E-state index contributed by atoms with van der Waals surface area (Å²) in [5.41, 5.74) is 1.08. The summed E-state index contributed by atoms with van der Waals surface area (Å²) in [7, 11) is 1.99. The Morgan fingerprint density at radius 2 is 2.15 bits per heavy atom. The van der Waals surface area contributed by atoms with Crippen molar-refractivity contribution in [2.45, 2.75) is 25.8 Å². The quantitative estimate of drug-likeness (QED) is 0.897. The number of benzene rings is 1. The predicted molar refractivity (Wildman–Crippen MR) is 77.7 cm³/mol. The van der Waals surface area contributed by atoms with E-state index in [0.29, 0.717) is 17.7 Å². The Labute approximate surface area is 120 Å². The molecule has 20 heavy (non-hydrogen) atoms. The van der Waals surface area contributed by atoms with Crippen LogP contribution in [0.3, 0.4) is 0 Å². The van der Waals surface area contributed by atoms with Crippen LogP contribution in [0.2, 0.25) is 0 Å². The number of nitrogens with one attached hydrogen (secondary N) is 1. The first-order valence-electron chi connectivity index (χ1n) is 7.28. The number of likely N-dealkylation sites (tertiary alicyclic amines) is 1. The van der Waals surface area contributed by atoms with Gasteiger partial charge in [-0.15, -0.1) is 0 Å². The number of nitrogens with zero attached hydrogens (tertiary/aromatic N) is 2. The molecule has 1 aliphatic heterocycles. The second-order valence-electron chi connectivity index (χ2n) is 5.53. The molecule has 3 nitrogen and oxygen atoms in total. The molecule has 0 atom stereocenters. The largest absolute Gasteiger partial charge is 0.320 e. The molecule has 108 valence electrons. The third kappa shape index (κ3) is 4.03. The molecule has 1 fully saturated rings. The maximum absolute atomic E-state index is 13.8. The fraction of sp³-hybridized carbons (Fsp3) is 0.562. The predicted octanol–water partition coefficient (Wildman–Crippen LogP) is 2.52. The Kier molecular flexibility index (Phi) is 5.51. The Bertz CT molecular complexity index is 473. The highest BCUT2D eigenvalue weighted by Gasteiger charge is 2.19. The highest BCUT2D eigenvalue weighted by molar-refractivity contribution is 5.32. The molecule has 1 aliphatic rings. The second-order valence-corrected chi connectivity index (χ2v) is 5.53. The van der Waals surface area contributed by atoms with Crippen LogP contribution in [0.25, 0.3) is 0 Å². The van der Waals surface area contributed by atoms with Gasteiger partial charge in [0.1, 0.15) is 5.82 Å². The molecule has 0 spiro atoms. The van der Waals surface area contributed by atoms with Crippen molar-refractivity contribution < 1.29 is 4.39 Å². The molecule has 0 aromatic heterocycles. The SMILES string of the molecule is CNCCC1CCN(Cc2ccc(C#N)cc2F)CC1. The zero-order chi connectivity index (χ0) is 14.4. The number of rotatable bonds is 5. The van der Waals surface area contributed by atoms with Gasteiger partial charge in [0, 0.05) is 12.1 Å². The molecule has 0 saturated carbocycles. The first kappa shape index (κ1) is 15.0. The second kappa shape index (κ2) is 7.37. The van der Waals surface area contributed by atoms with Gasteiger partial charge in [-0.1, -0.05) is 6.07 Å². The van der Waals surface area contributed by atoms with E-state index in [1.807, 2.05) is 13.1 Å². The van der Waals surface area contributed by atoms with Crippen LogP contribution in [0, 0.1) is 23.1 Å². The zero-order valence-electron chi connectivity index (χ0n) is 12.0. The van der Waals surface area contributed by atoms with Gasteiger partial charge in [0.2, 0.25) is 0 Å². The van der Waals surface area contributed by atoms with Crippen LogP contribution in [-0.2, 0) is 6.54 Å². The lowest BCUT2D eigenvalue weighted by molar-refractivity contribution is 0.171. The van der Waals surface area contributed by atoms with Gasteiger partial charge in [0.25, 0.3) is 0 Å². The van der Waals surface area contributed by atoms with Crippen molar-refractivity contribution in [2.75, 3.05) is 26.7 Å². The van der Waals surface area contributed by atoms with E-state index >= 15 is 0 Å². The van der Waals surface area contributed by atoms with E-state index in [-0.39, 0.29) is 5.82 Å². The lowest BCUT2D eigenvalue weighted by atomic mass is 9.93. The molecule has 1 heterocycles. The van der Waals surface area contributed by atoms with Crippen molar-refractivity contribution in [3.05, 3.63) is 35.1 Å². The summed E-state index contributed by atoms with van der Waals surface area (Å²) in [4.78, 5) is 2.31. The highest BCUT2D eigenvalue weighted by Crippen LogP contribution is 2.22.